The van der Waals surface area contributed by atoms with Crippen LogP contribution in [0.4, 0.5) is 11.5 Å². The van der Waals surface area contributed by atoms with E-state index >= 15 is 0 Å². The molecule has 3 heterocycles. The quantitative estimate of drug-likeness (QED) is 0.604. The first kappa shape index (κ1) is 21.2. The first-order valence-corrected chi connectivity index (χ1v) is 10.7. The van der Waals surface area contributed by atoms with Crippen LogP contribution in [0.5, 0.6) is 0 Å². The van der Waals surface area contributed by atoms with Crippen molar-refractivity contribution in [3.05, 3.63) is 76.5 Å². The second kappa shape index (κ2) is 9.41. The van der Waals surface area contributed by atoms with E-state index in [2.05, 4.69) is 36.6 Å². The molecular weight excluding hydrogens is 412 g/mol. The van der Waals surface area contributed by atoms with Gasteiger partial charge < -0.3 is 10.6 Å². The Hall–Kier alpha value is -3.03. The van der Waals surface area contributed by atoms with Gasteiger partial charge in [0, 0.05) is 54.7 Å². The molecule has 1 aliphatic rings. The number of amides is 1. The molecular formula is C23H25ClN6O. The lowest BCUT2D eigenvalue weighted by Gasteiger charge is -2.17. The molecule has 31 heavy (non-hydrogen) atoms. The third-order valence-corrected chi connectivity index (χ3v) is 5.76. The lowest BCUT2D eigenvalue weighted by atomic mass is 10.1. The van der Waals surface area contributed by atoms with Crippen molar-refractivity contribution in [3.8, 4) is 0 Å². The highest BCUT2D eigenvalue weighted by Crippen LogP contribution is 2.27. The Labute approximate surface area is 186 Å². The van der Waals surface area contributed by atoms with E-state index in [4.69, 9.17) is 11.6 Å². The van der Waals surface area contributed by atoms with Gasteiger partial charge in [-0.05, 0) is 50.2 Å². The van der Waals surface area contributed by atoms with Gasteiger partial charge >= 0.3 is 0 Å². The molecule has 0 saturated carbocycles. The van der Waals surface area contributed by atoms with Gasteiger partial charge in [-0.1, -0.05) is 17.7 Å². The van der Waals surface area contributed by atoms with Gasteiger partial charge in [0.05, 0.1) is 11.3 Å². The van der Waals surface area contributed by atoms with Gasteiger partial charge in [-0.15, -0.1) is 0 Å². The molecule has 1 atom stereocenters. The lowest BCUT2D eigenvalue weighted by molar-refractivity contribution is 0.102. The molecule has 1 aliphatic heterocycles. The Bertz CT molecular complexity index is 1070. The Balaban J connectivity index is 1.41. The average molecular weight is 437 g/mol. The summed E-state index contributed by atoms with van der Waals surface area (Å²) in [4.78, 5) is 28.6. The average Bonchev–Trinajstić information content (AvgIpc) is 3.24. The zero-order valence-electron chi connectivity index (χ0n) is 17.6. The number of hydrogen-bond acceptors (Lipinski definition) is 6. The first-order chi connectivity index (χ1) is 15.0. The summed E-state index contributed by atoms with van der Waals surface area (Å²) in [6.07, 6.45) is 4.42. The maximum absolute atomic E-state index is 12.6. The number of aryl methyl sites for hydroxylation is 1. The van der Waals surface area contributed by atoms with E-state index in [-0.39, 0.29) is 11.8 Å². The highest BCUT2D eigenvalue weighted by atomic mass is 35.5. The Kier molecular flexibility index (Phi) is 6.44. The van der Waals surface area contributed by atoms with Crippen molar-refractivity contribution in [3.63, 3.8) is 0 Å². The van der Waals surface area contributed by atoms with Crippen molar-refractivity contribution in [2.45, 2.75) is 25.8 Å². The third kappa shape index (κ3) is 5.00. The molecule has 7 nitrogen and oxygen atoms in total. The predicted molar refractivity (Wildman–Crippen MR) is 123 cm³/mol. The molecule has 8 heteroatoms. The van der Waals surface area contributed by atoms with Crippen LogP contribution in [-0.4, -0.2) is 45.9 Å². The third-order valence-electron chi connectivity index (χ3n) is 5.50. The summed E-state index contributed by atoms with van der Waals surface area (Å²) in [6, 6.07) is 11.1. The molecule has 0 spiro atoms. The fraction of sp³-hybridized carbons (Fsp3) is 0.304. The molecule has 2 N–H and O–H groups in total. The molecule has 0 aliphatic carbocycles. The van der Waals surface area contributed by atoms with Crippen molar-refractivity contribution in [2.75, 3.05) is 30.8 Å². The van der Waals surface area contributed by atoms with Crippen LogP contribution in [0.25, 0.3) is 0 Å². The van der Waals surface area contributed by atoms with Gasteiger partial charge in [-0.25, -0.2) is 15.0 Å². The summed E-state index contributed by atoms with van der Waals surface area (Å²) < 4.78 is 0. The fourth-order valence-electron chi connectivity index (χ4n) is 3.86. The van der Waals surface area contributed by atoms with E-state index in [0.29, 0.717) is 22.0 Å². The number of pyridine rings is 1. The molecule has 0 bridgehead atoms. The van der Waals surface area contributed by atoms with Gasteiger partial charge in [0.1, 0.15) is 11.6 Å². The molecule has 0 radical (unpaired) electrons. The molecule has 4 rings (SSSR count). The van der Waals surface area contributed by atoms with E-state index in [1.165, 1.54) is 5.56 Å². The second-order valence-corrected chi connectivity index (χ2v) is 8.11. The normalized spacial score (nSPS) is 16.3. The van der Waals surface area contributed by atoms with Crippen LogP contribution in [0, 0.1) is 6.92 Å². The van der Waals surface area contributed by atoms with Crippen LogP contribution in [0.2, 0.25) is 5.02 Å². The van der Waals surface area contributed by atoms with E-state index in [1.807, 2.05) is 20.0 Å². The summed E-state index contributed by atoms with van der Waals surface area (Å²) in [5.74, 6) is 1.73. The number of aromatic nitrogens is 3. The summed E-state index contributed by atoms with van der Waals surface area (Å²) in [5, 5.41) is 6.64. The summed E-state index contributed by atoms with van der Waals surface area (Å²) in [6.45, 7) is 4.54. The van der Waals surface area contributed by atoms with Crippen LogP contribution in [0.3, 0.4) is 0 Å². The van der Waals surface area contributed by atoms with Crippen LogP contribution in [-0.2, 0) is 6.54 Å². The van der Waals surface area contributed by atoms with E-state index in [9.17, 15) is 4.79 Å². The van der Waals surface area contributed by atoms with Gasteiger partial charge in [0.25, 0.3) is 5.91 Å². The number of hydrogen-bond donors (Lipinski definition) is 2. The number of benzene rings is 1. The Morgan fingerprint density at radius 2 is 2.03 bits per heavy atom. The Morgan fingerprint density at radius 1 is 1.23 bits per heavy atom. The van der Waals surface area contributed by atoms with Gasteiger partial charge in [-0.2, -0.15) is 0 Å². The van der Waals surface area contributed by atoms with Gasteiger partial charge in [0.2, 0.25) is 0 Å². The van der Waals surface area contributed by atoms with Crippen molar-refractivity contribution >= 4 is 29.0 Å². The molecule has 1 aromatic carbocycles. The van der Waals surface area contributed by atoms with Gasteiger partial charge in [0.15, 0.2) is 0 Å². The minimum atomic E-state index is -0.226. The maximum Gasteiger partial charge on any atom is 0.259 e. The number of anilines is 2. The van der Waals surface area contributed by atoms with Crippen molar-refractivity contribution in [1.29, 1.82) is 0 Å². The zero-order chi connectivity index (χ0) is 21.8. The monoisotopic (exact) mass is 436 g/mol. The number of nitrogens with zero attached hydrogens (tertiary/aromatic N) is 4. The largest absolute Gasteiger partial charge is 0.373 e. The second-order valence-electron chi connectivity index (χ2n) is 7.67. The summed E-state index contributed by atoms with van der Waals surface area (Å²) in [7, 11) is 1.89. The first-order valence-electron chi connectivity index (χ1n) is 10.3. The minimum absolute atomic E-state index is 0.226. The number of likely N-dealkylation sites (tertiary alicyclic amines) is 1. The molecule has 1 saturated heterocycles. The van der Waals surface area contributed by atoms with Crippen LogP contribution in [0.15, 0.2) is 48.8 Å². The van der Waals surface area contributed by atoms with E-state index in [1.54, 1.807) is 36.7 Å². The van der Waals surface area contributed by atoms with E-state index < -0.39 is 0 Å². The van der Waals surface area contributed by atoms with Crippen LogP contribution in [0.1, 0.15) is 39.8 Å². The van der Waals surface area contributed by atoms with Crippen molar-refractivity contribution < 1.29 is 4.79 Å². The van der Waals surface area contributed by atoms with Crippen molar-refractivity contribution in [1.82, 2.24) is 19.9 Å². The van der Waals surface area contributed by atoms with Crippen molar-refractivity contribution in [2.24, 2.45) is 0 Å². The van der Waals surface area contributed by atoms with Crippen LogP contribution < -0.4 is 10.6 Å². The molecule has 0 unspecified atom stereocenters. The maximum atomic E-state index is 12.6. The topological polar surface area (TPSA) is 83.0 Å². The zero-order valence-corrected chi connectivity index (χ0v) is 18.4. The lowest BCUT2D eigenvalue weighted by Crippen LogP contribution is -2.21. The fourth-order valence-corrected chi connectivity index (χ4v) is 3.98. The Morgan fingerprint density at radius 3 is 2.77 bits per heavy atom. The molecule has 1 fully saturated rings. The smallest absolute Gasteiger partial charge is 0.259 e. The number of carbonyl (C=O) groups excluding carboxylic acids is 1. The number of rotatable bonds is 6. The van der Waals surface area contributed by atoms with Crippen LogP contribution >= 0.6 is 11.6 Å². The highest BCUT2D eigenvalue weighted by molar-refractivity contribution is 6.30. The summed E-state index contributed by atoms with van der Waals surface area (Å²) in [5.41, 5.74) is 3.01. The number of halogens is 1. The van der Waals surface area contributed by atoms with Gasteiger partial charge in [-0.3, -0.25) is 9.69 Å². The highest BCUT2D eigenvalue weighted by Gasteiger charge is 2.27. The molecule has 160 valence electrons. The molecule has 2 aromatic heterocycles. The number of carbonyl (C=O) groups is 1. The standard InChI is InChI=1S/C23H25ClN6O/c1-15-20(23(31)29-19-7-5-18(24)6-8-19)12-27-22(28-15)17-9-11-30(14-17)13-16-4-3-10-26-21(16)25-2/h3-8,10,12,17H,9,11,13-14H2,1-2H3,(H,25,26)(H,29,31)/t17-/m0/s1. The minimum Gasteiger partial charge on any atom is -0.373 e. The molecule has 3 aromatic rings. The predicted octanol–water partition coefficient (Wildman–Crippen LogP) is 4.12. The number of nitrogens with one attached hydrogen (secondary N) is 2. The SMILES string of the molecule is CNc1ncccc1CN1CC[C@H](c2ncc(C(=O)Nc3ccc(Cl)cc3)c(C)n2)C1. The summed E-state index contributed by atoms with van der Waals surface area (Å²) >= 11 is 5.90. The van der Waals surface area contributed by atoms with E-state index in [0.717, 1.165) is 37.7 Å². The molecule has 1 amide bonds.